The van der Waals surface area contributed by atoms with Gasteiger partial charge in [0, 0.05) is 12.8 Å². The fourth-order valence-corrected chi connectivity index (χ4v) is 1.68. The van der Waals surface area contributed by atoms with Crippen molar-refractivity contribution < 1.29 is 24.5 Å². The highest BCUT2D eigenvalue weighted by molar-refractivity contribution is 5.76. The predicted octanol–water partition coefficient (Wildman–Crippen LogP) is 1.05. The summed E-state index contributed by atoms with van der Waals surface area (Å²) in [7, 11) is 0. The second-order valence-electron chi connectivity index (χ2n) is 3.87. The third-order valence-corrected chi connectivity index (χ3v) is 2.48. The van der Waals surface area contributed by atoms with Crippen molar-refractivity contribution in [2.75, 3.05) is 0 Å². The van der Waals surface area contributed by atoms with Gasteiger partial charge in [0.15, 0.2) is 0 Å². The molecule has 0 bridgehead atoms. The van der Waals surface area contributed by atoms with Crippen LogP contribution in [0.25, 0.3) is 0 Å². The maximum atomic E-state index is 11.2. The lowest BCUT2D eigenvalue weighted by Crippen LogP contribution is -2.37. The monoisotopic (exact) mass is 216 g/mol. The van der Waals surface area contributed by atoms with Gasteiger partial charge in [-0.05, 0) is 12.8 Å². The first-order valence-electron chi connectivity index (χ1n) is 5.18. The van der Waals surface area contributed by atoms with Crippen molar-refractivity contribution in [2.24, 2.45) is 0 Å². The van der Waals surface area contributed by atoms with E-state index in [1.54, 1.807) is 0 Å². The van der Waals surface area contributed by atoms with Crippen molar-refractivity contribution in [3.63, 3.8) is 0 Å². The minimum Gasteiger partial charge on any atom is -0.481 e. The Morgan fingerprint density at radius 2 is 1.73 bits per heavy atom. The minimum atomic E-state index is -1.35. The van der Waals surface area contributed by atoms with E-state index in [0.29, 0.717) is 12.8 Å². The quantitative estimate of drug-likeness (QED) is 0.542. The Morgan fingerprint density at radius 1 is 1.13 bits per heavy atom. The predicted molar refractivity (Wildman–Crippen MR) is 51.0 cm³/mol. The summed E-state index contributed by atoms with van der Waals surface area (Å²) >= 11 is 0. The molecule has 0 spiro atoms. The zero-order chi connectivity index (χ0) is 11.3. The SMILES string of the molecule is O=C(O)CCC(=O)OC1(O)CCCCC1. The summed E-state index contributed by atoms with van der Waals surface area (Å²) in [5.41, 5.74) is 0. The molecule has 1 rings (SSSR count). The van der Waals surface area contributed by atoms with E-state index in [2.05, 4.69) is 0 Å². The van der Waals surface area contributed by atoms with Crippen LogP contribution in [0.5, 0.6) is 0 Å². The molecule has 0 heterocycles. The summed E-state index contributed by atoms with van der Waals surface area (Å²) in [6, 6.07) is 0. The molecular formula is C10H16O5. The third kappa shape index (κ3) is 4.29. The number of rotatable bonds is 4. The van der Waals surface area contributed by atoms with E-state index in [1.165, 1.54) is 0 Å². The zero-order valence-electron chi connectivity index (χ0n) is 8.57. The molecule has 1 saturated carbocycles. The highest BCUT2D eigenvalue weighted by atomic mass is 16.7. The number of esters is 1. The van der Waals surface area contributed by atoms with Crippen molar-refractivity contribution in [2.45, 2.75) is 50.7 Å². The fraction of sp³-hybridized carbons (Fsp3) is 0.800. The lowest BCUT2D eigenvalue weighted by Gasteiger charge is -2.31. The van der Waals surface area contributed by atoms with Crippen molar-refractivity contribution in [3.05, 3.63) is 0 Å². The minimum absolute atomic E-state index is 0.183. The maximum absolute atomic E-state index is 11.2. The van der Waals surface area contributed by atoms with Crippen LogP contribution in [0.3, 0.4) is 0 Å². The van der Waals surface area contributed by atoms with E-state index in [-0.39, 0.29) is 12.8 Å². The first-order chi connectivity index (χ1) is 7.02. The molecule has 1 aliphatic rings. The Bertz CT molecular complexity index is 242. The lowest BCUT2D eigenvalue weighted by molar-refractivity contribution is -0.220. The summed E-state index contributed by atoms with van der Waals surface area (Å²) < 4.78 is 4.88. The number of aliphatic hydroxyl groups is 1. The first-order valence-corrected chi connectivity index (χ1v) is 5.18. The summed E-state index contributed by atoms with van der Waals surface area (Å²) in [6.07, 6.45) is 3.17. The van der Waals surface area contributed by atoms with Gasteiger partial charge in [-0.25, -0.2) is 0 Å². The number of carbonyl (C=O) groups is 2. The molecule has 1 aliphatic carbocycles. The Balaban J connectivity index is 2.32. The van der Waals surface area contributed by atoms with Gasteiger partial charge in [0.25, 0.3) is 0 Å². The molecule has 0 aromatic rings. The molecular weight excluding hydrogens is 200 g/mol. The molecule has 86 valence electrons. The number of hydrogen-bond donors (Lipinski definition) is 2. The molecule has 0 saturated heterocycles. The molecule has 0 radical (unpaired) electrons. The van der Waals surface area contributed by atoms with Gasteiger partial charge in [0.2, 0.25) is 5.79 Å². The molecule has 0 aromatic heterocycles. The van der Waals surface area contributed by atoms with Crippen LogP contribution in [0.15, 0.2) is 0 Å². The highest BCUT2D eigenvalue weighted by Crippen LogP contribution is 2.29. The second kappa shape index (κ2) is 5.11. The molecule has 0 atom stereocenters. The standard InChI is InChI=1S/C10H16O5/c11-8(12)4-5-9(13)15-10(14)6-2-1-3-7-10/h14H,1-7H2,(H,11,12). The Labute approximate surface area is 88.0 Å². The van der Waals surface area contributed by atoms with Crippen LogP contribution >= 0.6 is 0 Å². The van der Waals surface area contributed by atoms with Crippen molar-refractivity contribution in [3.8, 4) is 0 Å². The zero-order valence-corrected chi connectivity index (χ0v) is 8.57. The van der Waals surface area contributed by atoms with Gasteiger partial charge in [0.05, 0.1) is 12.8 Å². The Hall–Kier alpha value is -1.10. The second-order valence-corrected chi connectivity index (χ2v) is 3.87. The normalized spacial score (nSPS) is 19.5. The van der Waals surface area contributed by atoms with E-state index < -0.39 is 17.7 Å². The molecule has 1 fully saturated rings. The molecule has 0 aliphatic heterocycles. The van der Waals surface area contributed by atoms with Crippen LogP contribution in [0, 0.1) is 0 Å². The smallest absolute Gasteiger partial charge is 0.308 e. The van der Waals surface area contributed by atoms with Gasteiger partial charge in [0.1, 0.15) is 0 Å². The van der Waals surface area contributed by atoms with Crippen LogP contribution < -0.4 is 0 Å². The van der Waals surface area contributed by atoms with Gasteiger partial charge in [-0.2, -0.15) is 0 Å². The van der Waals surface area contributed by atoms with E-state index in [4.69, 9.17) is 9.84 Å². The lowest BCUT2D eigenvalue weighted by atomic mass is 9.94. The first kappa shape index (κ1) is 12.0. The Morgan fingerprint density at radius 3 is 2.27 bits per heavy atom. The van der Waals surface area contributed by atoms with Crippen LogP contribution in [-0.4, -0.2) is 27.9 Å². The largest absolute Gasteiger partial charge is 0.481 e. The van der Waals surface area contributed by atoms with Crippen LogP contribution in [0.1, 0.15) is 44.9 Å². The van der Waals surface area contributed by atoms with E-state index in [0.717, 1.165) is 19.3 Å². The fourth-order valence-electron chi connectivity index (χ4n) is 1.68. The maximum Gasteiger partial charge on any atom is 0.308 e. The van der Waals surface area contributed by atoms with Crippen molar-refractivity contribution >= 4 is 11.9 Å². The van der Waals surface area contributed by atoms with Gasteiger partial charge < -0.3 is 14.9 Å². The van der Waals surface area contributed by atoms with E-state index in [9.17, 15) is 14.7 Å². The van der Waals surface area contributed by atoms with Gasteiger partial charge in [-0.15, -0.1) is 0 Å². The summed E-state index contributed by atoms with van der Waals surface area (Å²) in [6.45, 7) is 0. The van der Waals surface area contributed by atoms with Crippen LogP contribution in [0.2, 0.25) is 0 Å². The van der Waals surface area contributed by atoms with Gasteiger partial charge in [-0.1, -0.05) is 6.42 Å². The number of carbonyl (C=O) groups excluding carboxylic acids is 1. The number of aliphatic carboxylic acids is 1. The number of ether oxygens (including phenoxy) is 1. The van der Waals surface area contributed by atoms with Crippen molar-refractivity contribution in [1.29, 1.82) is 0 Å². The summed E-state index contributed by atoms with van der Waals surface area (Å²) in [4.78, 5) is 21.4. The summed E-state index contributed by atoms with van der Waals surface area (Å²) in [5, 5.41) is 18.2. The van der Waals surface area contributed by atoms with Crippen molar-refractivity contribution in [1.82, 2.24) is 0 Å². The average molecular weight is 216 g/mol. The van der Waals surface area contributed by atoms with Gasteiger partial charge >= 0.3 is 11.9 Å². The van der Waals surface area contributed by atoms with Gasteiger partial charge in [-0.3, -0.25) is 9.59 Å². The van der Waals surface area contributed by atoms with E-state index in [1.807, 2.05) is 0 Å². The third-order valence-electron chi connectivity index (χ3n) is 2.48. The van der Waals surface area contributed by atoms with E-state index >= 15 is 0 Å². The highest BCUT2D eigenvalue weighted by Gasteiger charge is 2.33. The molecule has 0 unspecified atom stereocenters. The number of carboxylic acids is 1. The topological polar surface area (TPSA) is 83.8 Å². The molecule has 0 amide bonds. The summed E-state index contributed by atoms with van der Waals surface area (Å²) in [5.74, 6) is -3.03. The molecule has 0 aromatic carbocycles. The molecule has 15 heavy (non-hydrogen) atoms. The van der Waals surface area contributed by atoms with Crippen LogP contribution in [-0.2, 0) is 14.3 Å². The average Bonchev–Trinajstić information content (AvgIpc) is 2.15. The van der Waals surface area contributed by atoms with Crippen LogP contribution in [0.4, 0.5) is 0 Å². The Kier molecular flexibility index (Phi) is 4.08. The molecule has 2 N–H and O–H groups in total. The number of hydrogen-bond acceptors (Lipinski definition) is 4. The number of carboxylic acid groups (broad SMARTS) is 1. The molecule has 5 heteroatoms. The molecule has 5 nitrogen and oxygen atoms in total.